The van der Waals surface area contributed by atoms with Crippen LogP contribution in [0.15, 0.2) is 23.1 Å². The molecule has 2 unspecified atom stereocenters. The molecule has 1 amide bonds. The zero-order valence-electron chi connectivity index (χ0n) is 13.3. The number of nitrogens with one attached hydrogen (secondary N) is 1. The highest BCUT2D eigenvalue weighted by Crippen LogP contribution is 2.28. The molecule has 0 saturated carbocycles. The van der Waals surface area contributed by atoms with Gasteiger partial charge in [0.2, 0.25) is 5.91 Å². The second-order valence-electron chi connectivity index (χ2n) is 5.20. The van der Waals surface area contributed by atoms with Crippen molar-refractivity contribution < 1.29 is 4.79 Å². The molecule has 3 nitrogen and oxygen atoms in total. The van der Waals surface area contributed by atoms with Gasteiger partial charge in [-0.15, -0.1) is 24.2 Å². The summed E-state index contributed by atoms with van der Waals surface area (Å²) < 4.78 is 0. The molecule has 21 heavy (non-hydrogen) atoms. The van der Waals surface area contributed by atoms with Crippen molar-refractivity contribution in [3.8, 4) is 0 Å². The van der Waals surface area contributed by atoms with Crippen LogP contribution in [-0.2, 0) is 4.79 Å². The van der Waals surface area contributed by atoms with Crippen molar-refractivity contribution in [1.82, 2.24) is 0 Å². The smallest absolute Gasteiger partial charge is 0.241 e. The fraction of sp³-hybridized carbons (Fsp3) is 0.562. The maximum Gasteiger partial charge on any atom is 0.241 e. The van der Waals surface area contributed by atoms with Crippen LogP contribution in [-0.4, -0.2) is 17.2 Å². The van der Waals surface area contributed by atoms with Crippen molar-refractivity contribution in [1.29, 1.82) is 0 Å². The van der Waals surface area contributed by atoms with E-state index in [1.807, 2.05) is 31.7 Å². The van der Waals surface area contributed by atoms with Crippen LogP contribution in [0.25, 0.3) is 0 Å². The number of hydrogen-bond donors (Lipinski definition) is 2. The van der Waals surface area contributed by atoms with E-state index in [9.17, 15) is 4.79 Å². The van der Waals surface area contributed by atoms with E-state index in [-0.39, 0.29) is 18.3 Å². The molecule has 120 valence electrons. The number of carbonyl (C=O) groups excluding carboxylic acids is 1. The highest BCUT2D eigenvalue weighted by Gasteiger charge is 2.13. The van der Waals surface area contributed by atoms with Crippen LogP contribution in [0.2, 0.25) is 0 Å². The maximum atomic E-state index is 11.9. The van der Waals surface area contributed by atoms with Crippen molar-refractivity contribution >= 4 is 35.8 Å². The number of benzene rings is 1. The molecule has 0 fully saturated rings. The molecule has 5 heteroatoms. The van der Waals surface area contributed by atoms with Gasteiger partial charge < -0.3 is 11.1 Å². The van der Waals surface area contributed by atoms with Crippen LogP contribution >= 0.6 is 24.2 Å². The standard InChI is InChI=1S/C16H26N2OS.ClH/c1-5-7-14(17)16(19)18-15-9-8-13(10-11(15)3)20-12(4)6-2;/h8-10,12,14H,5-7,17H2,1-4H3,(H,18,19);1H. The first-order chi connectivity index (χ1) is 9.47. The quantitative estimate of drug-likeness (QED) is 0.730. The van der Waals surface area contributed by atoms with Crippen LogP contribution in [0.5, 0.6) is 0 Å². The Hall–Kier alpha value is -0.710. The lowest BCUT2D eigenvalue weighted by Gasteiger charge is -2.14. The molecule has 0 saturated heterocycles. The van der Waals surface area contributed by atoms with E-state index in [2.05, 4.69) is 31.3 Å². The molecule has 0 radical (unpaired) electrons. The Labute approximate surface area is 138 Å². The number of hydrogen-bond acceptors (Lipinski definition) is 3. The summed E-state index contributed by atoms with van der Waals surface area (Å²) in [5.74, 6) is -0.0997. The van der Waals surface area contributed by atoms with E-state index in [1.54, 1.807) is 0 Å². The Bertz CT molecular complexity index is 454. The Morgan fingerprint density at radius 2 is 2.05 bits per heavy atom. The second kappa shape index (κ2) is 10.1. The minimum absolute atomic E-state index is 0. The molecule has 0 aromatic heterocycles. The van der Waals surface area contributed by atoms with E-state index in [4.69, 9.17) is 5.73 Å². The van der Waals surface area contributed by atoms with Gasteiger partial charge in [0.15, 0.2) is 0 Å². The summed E-state index contributed by atoms with van der Waals surface area (Å²) >= 11 is 1.86. The van der Waals surface area contributed by atoms with Crippen LogP contribution in [0, 0.1) is 6.92 Å². The van der Waals surface area contributed by atoms with Gasteiger partial charge in [-0.3, -0.25) is 4.79 Å². The van der Waals surface area contributed by atoms with Gasteiger partial charge in [0.1, 0.15) is 0 Å². The topological polar surface area (TPSA) is 55.1 Å². The van der Waals surface area contributed by atoms with Crippen LogP contribution in [0.1, 0.15) is 45.6 Å². The lowest BCUT2D eigenvalue weighted by Crippen LogP contribution is -2.35. The summed E-state index contributed by atoms with van der Waals surface area (Å²) in [7, 11) is 0. The minimum Gasteiger partial charge on any atom is -0.324 e. The average Bonchev–Trinajstić information content (AvgIpc) is 2.41. The van der Waals surface area contributed by atoms with Crippen molar-refractivity contribution in [2.45, 2.75) is 63.1 Å². The van der Waals surface area contributed by atoms with Crippen LogP contribution < -0.4 is 11.1 Å². The van der Waals surface area contributed by atoms with Crippen molar-refractivity contribution in [3.63, 3.8) is 0 Å². The SMILES string of the molecule is CCCC(N)C(=O)Nc1ccc(SC(C)CC)cc1C.Cl. The average molecular weight is 331 g/mol. The fourth-order valence-corrected chi connectivity index (χ4v) is 2.86. The Balaban J connectivity index is 0.00000400. The number of nitrogens with two attached hydrogens (primary N) is 1. The largest absolute Gasteiger partial charge is 0.324 e. The molecule has 0 heterocycles. The number of thioether (sulfide) groups is 1. The van der Waals surface area contributed by atoms with E-state index in [1.165, 1.54) is 4.90 Å². The number of carbonyl (C=O) groups is 1. The third-order valence-electron chi connectivity index (χ3n) is 3.30. The number of aryl methyl sites for hydroxylation is 1. The zero-order chi connectivity index (χ0) is 15.1. The van der Waals surface area contributed by atoms with Gasteiger partial charge in [-0.1, -0.05) is 27.2 Å². The Morgan fingerprint density at radius 1 is 1.38 bits per heavy atom. The molecule has 3 N–H and O–H groups in total. The highest BCUT2D eigenvalue weighted by molar-refractivity contribution is 7.99. The number of anilines is 1. The molecule has 0 aliphatic rings. The third kappa shape index (κ3) is 6.72. The summed E-state index contributed by atoms with van der Waals surface area (Å²) in [5.41, 5.74) is 7.76. The maximum absolute atomic E-state index is 11.9. The number of amides is 1. The van der Waals surface area contributed by atoms with E-state index >= 15 is 0 Å². The normalized spacial score (nSPS) is 13.2. The van der Waals surface area contributed by atoms with Crippen molar-refractivity contribution in [3.05, 3.63) is 23.8 Å². The van der Waals surface area contributed by atoms with E-state index in [0.717, 1.165) is 24.1 Å². The molecular weight excluding hydrogens is 304 g/mol. The van der Waals surface area contributed by atoms with E-state index < -0.39 is 6.04 Å². The summed E-state index contributed by atoms with van der Waals surface area (Å²) in [6.07, 6.45) is 2.78. The first-order valence-electron chi connectivity index (χ1n) is 7.31. The molecule has 1 aromatic carbocycles. The summed E-state index contributed by atoms with van der Waals surface area (Å²) in [6.45, 7) is 8.45. The molecular formula is C16H27ClN2OS. The van der Waals surface area contributed by atoms with Gasteiger partial charge in [-0.2, -0.15) is 0 Å². The number of rotatable bonds is 7. The minimum atomic E-state index is -0.423. The third-order valence-corrected chi connectivity index (χ3v) is 4.57. The second-order valence-corrected chi connectivity index (χ2v) is 6.71. The van der Waals surface area contributed by atoms with Crippen molar-refractivity contribution in [2.24, 2.45) is 5.73 Å². The zero-order valence-corrected chi connectivity index (χ0v) is 14.9. The predicted molar refractivity (Wildman–Crippen MR) is 95.6 cm³/mol. The highest BCUT2D eigenvalue weighted by atomic mass is 35.5. The lowest BCUT2D eigenvalue weighted by molar-refractivity contribution is -0.117. The molecule has 0 spiro atoms. The first kappa shape index (κ1) is 20.3. The summed E-state index contributed by atoms with van der Waals surface area (Å²) in [5, 5.41) is 3.52. The molecule has 0 aliphatic carbocycles. The van der Waals surface area contributed by atoms with Gasteiger partial charge in [0.05, 0.1) is 6.04 Å². The molecule has 0 bridgehead atoms. The molecule has 0 aliphatic heterocycles. The van der Waals surface area contributed by atoms with Gasteiger partial charge in [0.25, 0.3) is 0 Å². The molecule has 1 aromatic rings. The lowest BCUT2D eigenvalue weighted by atomic mass is 10.1. The van der Waals surface area contributed by atoms with Crippen molar-refractivity contribution in [2.75, 3.05) is 5.32 Å². The van der Waals surface area contributed by atoms with E-state index in [0.29, 0.717) is 11.7 Å². The van der Waals surface area contributed by atoms with Gasteiger partial charge >= 0.3 is 0 Å². The molecule has 1 rings (SSSR count). The first-order valence-corrected chi connectivity index (χ1v) is 8.19. The summed E-state index contributed by atoms with van der Waals surface area (Å²) in [4.78, 5) is 13.2. The van der Waals surface area contributed by atoms with Crippen LogP contribution in [0.3, 0.4) is 0 Å². The van der Waals surface area contributed by atoms with Gasteiger partial charge in [0, 0.05) is 15.8 Å². The predicted octanol–water partition coefficient (Wildman–Crippen LogP) is 4.37. The van der Waals surface area contributed by atoms with Gasteiger partial charge in [-0.05, 0) is 43.5 Å². The van der Waals surface area contributed by atoms with Crippen LogP contribution in [0.4, 0.5) is 5.69 Å². The Kier molecular flexibility index (Phi) is 9.75. The molecule has 2 atom stereocenters. The Morgan fingerprint density at radius 3 is 2.57 bits per heavy atom. The number of halogens is 1. The fourth-order valence-electron chi connectivity index (χ4n) is 1.83. The summed E-state index contributed by atoms with van der Waals surface area (Å²) in [6, 6.07) is 5.73. The van der Waals surface area contributed by atoms with Gasteiger partial charge in [-0.25, -0.2) is 0 Å². The monoisotopic (exact) mass is 330 g/mol.